The monoisotopic (exact) mass is 367 g/mol. The fourth-order valence-corrected chi connectivity index (χ4v) is 3.45. The summed E-state index contributed by atoms with van der Waals surface area (Å²) in [5, 5.41) is 9.90. The van der Waals surface area contributed by atoms with Crippen molar-refractivity contribution in [3.05, 3.63) is 29.3 Å². The third kappa shape index (κ3) is 4.09. The summed E-state index contributed by atoms with van der Waals surface area (Å²) in [6, 6.07) is 7.46. The minimum atomic E-state index is -0.292. The fraction of sp³-hybridized carbons (Fsp3) is 0.438. The molecule has 1 aliphatic heterocycles. The van der Waals surface area contributed by atoms with Gasteiger partial charge in [0.1, 0.15) is 0 Å². The predicted octanol–water partition coefficient (Wildman–Crippen LogP) is 3.04. The molecule has 0 spiro atoms. The highest BCUT2D eigenvalue weighted by molar-refractivity contribution is 7.99. The van der Waals surface area contributed by atoms with Gasteiger partial charge in [0.2, 0.25) is 0 Å². The van der Waals surface area contributed by atoms with Gasteiger partial charge in [-0.3, -0.25) is 9.36 Å². The third-order valence-electron chi connectivity index (χ3n) is 3.78. The molecule has 2 heterocycles. The van der Waals surface area contributed by atoms with E-state index in [1.165, 1.54) is 18.9 Å². The molecule has 0 unspecified atom stereocenters. The quantitative estimate of drug-likeness (QED) is 0.577. The third-order valence-corrected chi connectivity index (χ3v) is 4.97. The van der Waals surface area contributed by atoms with Gasteiger partial charge < -0.3 is 9.47 Å². The highest BCUT2D eigenvalue weighted by atomic mass is 35.5. The van der Waals surface area contributed by atoms with E-state index in [4.69, 9.17) is 21.1 Å². The molecule has 0 bridgehead atoms. The molecule has 0 N–H and O–H groups in total. The van der Waals surface area contributed by atoms with E-state index in [9.17, 15) is 4.79 Å². The Morgan fingerprint density at radius 2 is 2.21 bits per heavy atom. The molecule has 24 heavy (non-hydrogen) atoms. The lowest BCUT2D eigenvalue weighted by Crippen LogP contribution is -2.17. The maximum Gasteiger partial charge on any atom is 0.316 e. The number of rotatable bonds is 6. The van der Waals surface area contributed by atoms with Crippen LogP contribution in [0.1, 0.15) is 12.8 Å². The summed E-state index contributed by atoms with van der Waals surface area (Å²) >= 11 is 7.28. The van der Waals surface area contributed by atoms with Crippen molar-refractivity contribution in [1.82, 2.24) is 14.8 Å². The number of halogens is 1. The Kier molecular flexibility index (Phi) is 5.76. The first-order valence-corrected chi connectivity index (χ1v) is 9.04. The van der Waals surface area contributed by atoms with E-state index in [1.54, 1.807) is 0 Å². The van der Waals surface area contributed by atoms with Gasteiger partial charge in [0.15, 0.2) is 11.0 Å². The predicted molar refractivity (Wildman–Crippen MR) is 92.2 cm³/mol. The Morgan fingerprint density at radius 3 is 2.88 bits per heavy atom. The van der Waals surface area contributed by atoms with Crippen molar-refractivity contribution in [2.45, 2.75) is 30.6 Å². The number of carbonyl (C=O) groups is 1. The van der Waals surface area contributed by atoms with Crippen molar-refractivity contribution in [3.8, 4) is 11.4 Å². The Morgan fingerprint density at radius 1 is 1.42 bits per heavy atom. The second kappa shape index (κ2) is 8.00. The van der Waals surface area contributed by atoms with E-state index in [-0.39, 0.29) is 17.8 Å². The van der Waals surface area contributed by atoms with Crippen LogP contribution >= 0.6 is 23.4 Å². The second-order valence-electron chi connectivity index (χ2n) is 5.42. The van der Waals surface area contributed by atoms with Gasteiger partial charge in [0, 0.05) is 17.2 Å². The van der Waals surface area contributed by atoms with Crippen molar-refractivity contribution in [2.24, 2.45) is 0 Å². The molecule has 0 radical (unpaired) electrons. The molecular weight excluding hydrogens is 350 g/mol. The average molecular weight is 368 g/mol. The van der Waals surface area contributed by atoms with Crippen molar-refractivity contribution in [2.75, 3.05) is 19.5 Å². The van der Waals surface area contributed by atoms with Crippen LogP contribution in [0.2, 0.25) is 5.02 Å². The number of hydrogen-bond acceptors (Lipinski definition) is 6. The summed E-state index contributed by atoms with van der Waals surface area (Å²) in [6.45, 7) is 1.45. The maximum atomic E-state index is 11.4. The van der Waals surface area contributed by atoms with Crippen LogP contribution in [0.15, 0.2) is 29.4 Å². The number of nitrogens with zero attached hydrogens (tertiary/aromatic N) is 3. The van der Waals surface area contributed by atoms with E-state index in [1.807, 2.05) is 28.8 Å². The number of aromatic nitrogens is 3. The van der Waals surface area contributed by atoms with E-state index in [0.717, 1.165) is 30.8 Å². The van der Waals surface area contributed by atoms with Crippen LogP contribution in [0, 0.1) is 0 Å². The molecule has 8 heteroatoms. The number of esters is 1. The van der Waals surface area contributed by atoms with Gasteiger partial charge in [0.25, 0.3) is 0 Å². The Bertz CT molecular complexity index is 699. The minimum Gasteiger partial charge on any atom is -0.468 e. The molecule has 1 aromatic carbocycles. The molecule has 3 rings (SSSR count). The molecule has 2 aromatic rings. The lowest BCUT2D eigenvalue weighted by Gasteiger charge is -2.14. The van der Waals surface area contributed by atoms with Crippen LogP contribution < -0.4 is 0 Å². The van der Waals surface area contributed by atoms with Crippen molar-refractivity contribution < 1.29 is 14.3 Å². The summed E-state index contributed by atoms with van der Waals surface area (Å²) in [7, 11) is 1.37. The Labute approximate surface area is 149 Å². The number of thioether (sulfide) groups is 1. The fourth-order valence-electron chi connectivity index (χ4n) is 2.55. The molecule has 0 amide bonds. The van der Waals surface area contributed by atoms with Crippen LogP contribution in [0.5, 0.6) is 0 Å². The van der Waals surface area contributed by atoms with Crippen LogP contribution in [-0.2, 0) is 20.8 Å². The topological polar surface area (TPSA) is 66.2 Å². The molecule has 1 saturated heterocycles. The Balaban J connectivity index is 1.87. The van der Waals surface area contributed by atoms with E-state index >= 15 is 0 Å². The lowest BCUT2D eigenvalue weighted by atomic mass is 10.2. The van der Waals surface area contributed by atoms with Crippen LogP contribution in [-0.4, -0.2) is 46.3 Å². The summed E-state index contributed by atoms with van der Waals surface area (Å²) in [4.78, 5) is 11.4. The highest BCUT2D eigenvalue weighted by Gasteiger charge is 2.22. The molecule has 0 aliphatic carbocycles. The van der Waals surface area contributed by atoms with Crippen LogP contribution in [0.3, 0.4) is 0 Å². The van der Waals surface area contributed by atoms with Crippen molar-refractivity contribution in [3.63, 3.8) is 0 Å². The van der Waals surface area contributed by atoms with Crippen molar-refractivity contribution >= 4 is 29.3 Å². The Hall–Kier alpha value is -1.57. The molecule has 6 nitrogen and oxygen atoms in total. The minimum absolute atomic E-state index is 0.143. The van der Waals surface area contributed by atoms with E-state index < -0.39 is 0 Å². The average Bonchev–Trinajstić information content (AvgIpc) is 3.24. The van der Waals surface area contributed by atoms with Gasteiger partial charge in [-0.25, -0.2) is 0 Å². The van der Waals surface area contributed by atoms with Crippen molar-refractivity contribution in [1.29, 1.82) is 0 Å². The van der Waals surface area contributed by atoms with Gasteiger partial charge >= 0.3 is 5.97 Å². The summed E-state index contributed by atoms with van der Waals surface area (Å²) in [5.74, 6) is 0.648. The summed E-state index contributed by atoms with van der Waals surface area (Å²) in [6.07, 6.45) is 2.22. The van der Waals surface area contributed by atoms with Gasteiger partial charge in [-0.05, 0) is 37.1 Å². The molecule has 128 valence electrons. The standard InChI is InChI=1S/C16H18ClN3O3S/c1-22-14(21)10-24-16-19-18-15(11-4-6-12(17)7-5-11)20(16)9-13-3-2-8-23-13/h4-7,13H,2-3,8-10H2,1H3/t13-/m1/s1. The van der Waals surface area contributed by atoms with Gasteiger partial charge in [-0.2, -0.15) is 0 Å². The molecule has 1 fully saturated rings. The summed E-state index contributed by atoms with van der Waals surface area (Å²) < 4.78 is 12.4. The molecule has 1 aromatic heterocycles. The molecule has 1 atom stereocenters. The van der Waals surface area contributed by atoms with Gasteiger partial charge in [-0.15, -0.1) is 10.2 Å². The SMILES string of the molecule is COC(=O)CSc1nnc(-c2ccc(Cl)cc2)n1C[C@H]1CCCO1. The maximum absolute atomic E-state index is 11.4. The first-order chi connectivity index (χ1) is 11.7. The lowest BCUT2D eigenvalue weighted by molar-refractivity contribution is -0.137. The number of benzene rings is 1. The molecule has 0 saturated carbocycles. The van der Waals surface area contributed by atoms with Gasteiger partial charge in [-0.1, -0.05) is 23.4 Å². The zero-order valence-corrected chi connectivity index (χ0v) is 14.8. The molecular formula is C16H18ClN3O3S. The first kappa shape index (κ1) is 17.3. The normalized spacial score (nSPS) is 17.2. The second-order valence-corrected chi connectivity index (χ2v) is 6.80. The largest absolute Gasteiger partial charge is 0.468 e. The number of ether oxygens (including phenoxy) is 2. The summed E-state index contributed by atoms with van der Waals surface area (Å²) in [5.41, 5.74) is 0.926. The van der Waals surface area contributed by atoms with Crippen LogP contribution in [0.4, 0.5) is 0 Å². The highest BCUT2D eigenvalue weighted by Crippen LogP contribution is 2.27. The first-order valence-electron chi connectivity index (χ1n) is 7.67. The smallest absolute Gasteiger partial charge is 0.316 e. The number of hydrogen-bond donors (Lipinski definition) is 0. The zero-order valence-electron chi connectivity index (χ0n) is 13.3. The van der Waals surface area contributed by atoms with E-state index in [0.29, 0.717) is 16.7 Å². The number of carbonyl (C=O) groups excluding carboxylic acids is 1. The van der Waals surface area contributed by atoms with Crippen LogP contribution in [0.25, 0.3) is 11.4 Å². The number of methoxy groups -OCH3 is 1. The molecule has 1 aliphatic rings. The van der Waals surface area contributed by atoms with Gasteiger partial charge in [0.05, 0.1) is 25.5 Å². The van der Waals surface area contributed by atoms with E-state index in [2.05, 4.69) is 10.2 Å². The zero-order chi connectivity index (χ0) is 16.9.